The topological polar surface area (TPSA) is 78.9 Å². The van der Waals surface area contributed by atoms with E-state index in [4.69, 9.17) is 14.2 Å². The summed E-state index contributed by atoms with van der Waals surface area (Å²) in [6.07, 6.45) is 92.0. The molecule has 0 saturated carbocycles. The first-order valence-corrected chi connectivity index (χ1v) is 35.9. The van der Waals surface area contributed by atoms with Gasteiger partial charge in [0.1, 0.15) is 13.2 Å². The Bertz CT molecular complexity index is 1500. The van der Waals surface area contributed by atoms with E-state index in [1.807, 2.05) is 0 Å². The Morgan fingerprint density at radius 2 is 0.439 bits per heavy atom. The largest absolute Gasteiger partial charge is 0.462 e. The first-order valence-electron chi connectivity index (χ1n) is 35.9. The lowest BCUT2D eigenvalue weighted by Crippen LogP contribution is -2.30. The highest BCUT2D eigenvalue weighted by Crippen LogP contribution is 2.17. The van der Waals surface area contributed by atoms with E-state index in [2.05, 4.69) is 93.7 Å². The third-order valence-corrected chi connectivity index (χ3v) is 15.9. The van der Waals surface area contributed by atoms with Crippen molar-refractivity contribution in [3.05, 3.63) is 72.9 Å². The highest BCUT2D eigenvalue weighted by molar-refractivity contribution is 5.71. The van der Waals surface area contributed by atoms with Crippen LogP contribution in [0.1, 0.15) is 374 Å². The molecule has 0 heterocycles. The summed E-state index contributed by atoms with van der Waals surface area (Å²) in [6, 6.07) is 0. The maximum atomic E-state index is 13.0. The zero-order chi connectivity index (χ0) is 59.2. The van der Waals surface area contributed by atoms with Gasteiger partial charge >= 0.3 is 17.9 Å². The molecule has 0 aromatic rings. The molecule has 0 fully saturated rings. The normalized spacial score (nSPS) is 12.5. The number of esters is 3. The Hall–Kier alpha value is -3.15. The number of allylic oxidation sites excluding steroid dienone is 12. The van der Waals surface area contributed by atoms with Gasteiger partial charge in [-0.05, 0) is 116 Å². The van der Waals surface area contributed by atoms with Crippen molar-refractivity contribution in [3.63, 3.8) is 0 Å². The van der Waals surface area contributed by atoms with Gasteiger partial charge in [-0.2, -0.15) is 0 Å². The summed E-state index contributed by atoms with van der Waals surface area (Å²) in [6.45, 7) is 6.66. The van der Waals surface area contributed by atoms with Crippen LogP contribution in [0.4, 0.5) is 0 Å². The molecule has 0 radical (unpaired) electrons. The highest BCUT2D eigenvalue weighted by Gasteiger charge is 2.19. The van der Waals surface area contributed by atoms with E-state index < -0.39 is 6.10 Å². The lowest BCUT2D eigenvalue weighted by molar-refractivity contribution is -0.167. The first kappa shape index (κ1) is 78.8. The van der Waals surface area contributed by atoms with Gasteiger partial charge < -0.3 is 14.2 Å². The van der Waals surface area contributed by atoms with Gasteiger partial charge in [0.2, 0.25) is 0 Å². The standard InChI is InChI=1S/C76H136O6/c1-4-7-10-13-16-19-22-25-28-31-34-36-37-38-39-41-42-45-48-51-54-57-60-63-66-69-75(78)81-72-73(71-80-74(77)68-65-62-59-56-53-50-47-44-33-30-27-24-21-18-15-12-9-6-3)82-76(79)70-67-64-61-58-55-52-49-46-43-40-35-32-29-26-23-20-17-14-11-8-5-2/h22-23,25-26,30-35,37-38,73H,4-21,24,27-29,36,39-72H2,1-3H3/b25-22-,26-23-,33-30-,34-31-,35-32-,38-37-. The summed E-state index contributed by atoms with van der Waals surface area (Å²) in [7, 11) is 0. The summed E-state index contributed by atoms with van der Waals surface area (Å²) in [5.41, 5.74) is 0. The van der Waals surface area contributed by atoms with E-state index in [9.17, 15) is 14.4 Å². The highest BCUT2D eigenvalue weighted by atomic mass is 16.6. The van der Waals surface area contributed by atoms with E-state index in [0.29, 0.717) is 19.3 Å². The van der Waals surface area contributed by atoms with Gasteiger partial charge in [0, 0.05) is 19.3 Å². The van der Waals surface area contributed by atoms with E-state index in [1.54, 1.807) is 0 Å². The van der Waals surface area contributed by atoms with Crippen molar-refractivity contribution in [3.8, 4) is 0 Å². The van der Waals surface area contributed by atoms with Crippen LogP contribution in [-0.2, 0) is 28.6 Å². The minimum atomic E-state index is -0.784. The van der Waals surface area contributed by atoms with Crippen molar-refractivity contribution < 1.29 is 28.6 Å². The Morgan fingerprint density at radius 3 is 0.695 bits per heavy atom. The van der Waals surface area contributed by atoms with Crippen LogP contribution in [-0.4, -0.2) is 37.2 Å². The van der Waals surface area contributed by atoms with Gasteiger partial charge in [0.15, 0.2) is 6.10 Å². The van der Waals surface area contributed by atoms with Gasteiger partial charge in [-0.1, -0.05) is 312 Å². The van der Waals surface area contributed by atoms with Gasteiger partial charge in [-0.3, -0.25) is 14.4 Å². The van der Waals surface area contributed by atoms with Crippen LogP contribution in [0.5, 0.6) is 0 Å². The van der Waals surface area contributed by atoms with Gasteiger partial charge in [0.05, 0.1) is 0 Å². The van der Waals surface area contributed by atoms with Crippen molar-refractivity contribution in [2.24, 2.45) is 0 Å². The molecule has 0 aliphatic heterocycles. The van der Waals surface area contributed by atoms with Gasteiger partial charge in [-0.15, -0.1) is 0 Å². The fourth-order valence-electron chi connectivity index (χ4n) is 10.5. The van der Waals surface area contributed by atoms with Crippen LogP contribution in [0.3, 0.4) is 0 Å². The molecule has 0 bridgehead atoms. The molecule has 1 unspecified atom stereocenters. The third-order valence-electron chi connectivity index (χ3n) is 15.9. The second kappa shape index (κ2) is 70.3. The van der Waals surface area contributed by atoms with Crippen molar-refractivity contribution in [1.82, 2.24) is 0 Å². The summed E-state index contributed by atoms with van der Waals surface area (Å²) in [5, 5.41) is 0. The van der Waals surface area contributed by atoms with Gasteiger partial charge in [0.25, 0.3) is 0 Å². The molecule has 82 heavy (non-hydrogen) atoms. The Kier molecular flexibility index (Phi) is 67.6. The van der Waals surface area contributed by atoms with Crippen molar-refractivity contribution in [2.45, 2.75) is 380 Å². The molecule has 0 saturated heterocycles. The van der Waals surface area contributed by atoms with Crippen molar-refractivity contribution in [1.29, 1.82) is 0 Å². The molecule has 0 aromatic carbocycles. The lowest BCUT2D eigenvalue weighted by atomic mass is 10.0. The molecule has 0 spiro atoms. The van der Waals surface area contributed by atoms with Crippen LogP contribution in [0.25, 0.3) is 0 Å². The van der Waals surface area contributed by atoms with Crippen LogP contribution in [0, 0.1) is 0 Å². The SMILES string of the molecule is CCCCCCC/C=C\C/C=C\C/C=C\CCCCCCCCCCCCC(=O)OCC(COC(=O)CCCCCCCCC/C=C\CCCCCCCCC)OC(=O)CCCCCCCCCCC/C=C\C/C=C\CCCCCCC. The lowest BCUT2D eigenvalue weighted by Gasteiger charge is -2.18. The van der Waals surface area contributed by atoms with E-state index in [1.165, 1.54) is 257 Å². The summed E-state index contributed by atoms with van der Waals surface area (Å²) >= 11 is 0. The monoisotopic (exact) mass is 1150 g/mol. The zero-order valence-electron chi connectivity index (χ0n) is 54.8. The number of ether oxygens (including phenoxy) is 3. The molecule has 6 heteroatoms. The average Bonchev–Trinajstić information content (AvgIpc) is 3.47. The Balaban J connectivity index is 4.36. The maximum absolute atomic E-state index is 13.0. The minimum Gasteiger partial charge on any atom is -0.462 e. The second-order valence-electron chi connectivity index (χ2n) is 24.1. The van der Waals surface area contributed by atoms with E-state index in [0.717, 1.165) is 77.0 Å². The number of hydrogen-bond acceptors (Lipinski definition) is 6. The number of rotatable bonds is 66. The molecule has 0 rings (SSSR count). The summed E-state index contributed by atoms with van der Waals surface area (Å²) in [4.78, 5) is 38.5. The molecule has 1 atom stereocenters. The zero-order valence-corrected chi connectivity index (χ0v) is 54.8. The number of carbonyl (C=O) groups excluding carboxylic acids is 3. The predicted octanol–water partition coefficient (Wildman–Crippen LogP) is 24.8. The van der Waals surface area contributed by atoms with Crippen LogP contribution in [0.2, 0.25) is 0 Å². The molecule has 0 aliphatic carbocycles. The third kappa shape index (κ3) is 67.6. The fraction of sp³-hybridized carbons (Fsp3) is 0.803. The molecule has 0 aliphatic rings. The minimum absolute atomic E-state index is 0.0784. The molecule has 0 aromatic heterocycles. The number of carbonyl (C=O) groups is 3. The van der Waals surface area contributed by atoms with Crippen molar-refractivity contribution >= 4 is 17.9 Å². The van der Waals surface area contributed by atoms with Crippen LogP contribution >= 0.6 is 0 Å². The Morgan fingerprint density at radius 1 is 0.244 bits per heavy atom. The predicted molar refractivity (Wildman–Crippen MR) is 358 cm³/mol. The van der Waals surface area contributed by atoms with E-state index in [-0.39, 0.29) is 31.1 Å². The van der Waals surface area contributed by atoms with Crippen LogP contribution < -0.4 is 0 Å². The molecule has 0 N–H and O–H groups in total. The smallest absolute Gasteiger partial charge is 0.306 e. The molecular formula is C76H136O6. The second-order valence-corrected chi connectivity index (χ2v) is 24.1. The number of hydrogen-bond donors (Lipinski definition) is 0. The van der Waals surface area contributed by atoms with Crippen molar-refractivity contribution in [2.75, 3.05) is 13.2 Å². The first-order chi connectivity index (χ1) is 40.5. The number of unbranched alkanes of at least 4 members (excludes halogenated alkanes) is 43. The summed E-state index contributed by atoms with van der Waals surface area (Å²) < 4.78 is 17.0. The molecular weight excluding hydrogens is 1010 g/mol. The van der Waals surface area contributed by atoms with Gasteiger partial charge in [-0.25, -0.2) is 0 Å². The van der Waals surface area contributed by atoms with E-state index >= 15 is 0 Å². The average molecular weight is 1150 g/mol. The fourth-order valence-corrected chi connectivity index (χ4v) is 10.5. The van der Waals surface area contributed by atoms with Crippen LogP contribution in [0.15, 0.2) is 72.9 Å². The quantitative estimate of drug-likeness (QED) is 0.0261. The molecule has 0 amide bonds. The Labute approximate surface area is 510 Å². The summed E-state index contributed by atoms with van der Waals surface area (Å²) in [5.74, 6) is -0.869. The molecule has 476 valence electrons. The molecule has 6 nitrogen and oxygen atoms in total. The maximum Gasteiger partial charge on any atom is 0.306 e.